The summed E-state index contributed by atoms with van der Waals surface area (Å²) in [5, 5.41) is 14.8. The van der Waals surface area contributed by atoms with Gasteiger partial charge in [0, 0.05) is 19.5 Å². The van der Waals surface area contributed by atoms with Crippen LogP contribution in [0.3, 0.4) is 0 Å². The van der Waals surface area contributed by atoms with E-state index in [4.69, 9.17) is 10.5 Å². The first kappa shape index (κ1) is 31.6. The molecule has 2 atom stereocenters. The molecule has 1 aliphatic rings. The average Bonchev–Trinajstić information content (AvgIpc) is 2.84. The highest BCUT2D eigenvalue weighted by Crippen LogP contribution is 2.36. The van der Waals surface area contributed by atoms with E-state index in [0.717, 1.165) is 5.56 Å². The molecule has 1 aromatic carbocycles. The maximum atomic E-state index is 14.0. The van der Waals surface area contributed by atoms with Gasteiger partial charge in [0.05, 0.1) is 5.41 Å². The van der Waals surface area contributed by atoms with Gasteiger partial charge in [0.2, 0.25) is 17.7 Å². The first-order valence-electron chi connectivity index (χ1n) is 13.3. The van der Waals surface area contributed by atoms with Crippen LogP contribution in [0.15, 0.2) is 30.3 Å². The third-order valence-corrected chi connectivity index (χ3v) is 6.65. The van der Waals surface area contributed by atoms with E-state index >= 15 is 0 Å². The van der Waals surface area contributed by atoms with Crippen LogP contribution >= 0.6 is 0 Å². The van der Waals surface area contributed by atoms with Crippen LogP contribution in [0.1, 0.15) is 72.3 Å². The Labute approximate surface area is 229 Å². The number of benzene rings is 1. The van der Waals surface area contributed by atoms with E-state index in [0.29, 0.717) is 12.8 Å². The van der Waals surface area contributed by atoms with Gasteiger partial charge in [-0.1, -0.05) is 44.2 Å². The molecule has 5 N–H and O–H groups in total. The molecule has 1 aliphatic heterocycles. The first-order chi connectivity index (χ1) is 18.1. The van der Waals surface area contributed by atoms with Crippen LogP contribution in [0.25, 0.3) is 0 Å². The van der Waals surface area contributed by atoms with Crippen LogP contribution in [0.2, 0.25) is 0 Å². The van der Waals surface area contributed by atoms with Crippen molar-refractivity contribution in [3.05, 3.63) is 35.9 Å². The SMILES string of the molecule is CC(C)C[C@H](NC(=O)C1(c2ccccc2)CCN(C(=O)OC(C)(C)C)CC1)C(=O)N[C@@H](CCC(N)=O)C(=O)O. The zero-order valence-corrected chi connectivity index (χ0v) is 23.5. The first-order valence-corrected chi connectivity index (χ1v) is 13.3. The molecule has 4 amide bonds. The molecule has 0 spiro atoms. The summed E-state index contributed by atoms with van der Waals surface area (Å²) in [4.78, 5) is 64.2. The normalized spacial score (nSPS) is 16.6. The molecule has 2 rings (SSSR count). The highest BCUT2D eigenvalue weighted by molar-refractivity contribution is 5.94. The van der Waals surface area contributed by atoms with Gasteiger partial charge >= 0.3 is 12.1 Å². The van der Waals surface area contributed by atoms with E-state index in [1.54, 1.807) is 25.7 Å². The number of likely N-dealkylation sites (tertiary alicyclic amines) is 1. The Balaban J connectivity index is 2.27. The summed E-state index contributed by atoms with van der Waals surface area (Å²) in [6.45, 7) is 9.72. The van der Waals surface area contributed by atoms with E-state index in [1.165, 1.54) is 0 Å². The van der Waals surface area contributed by atoms with Gasteiger partial charge < -0.3 is 31.1 Å². The largest absolute Gasteiger partial charge is 0.480 e. The van der Waals surface area contributed by atoms with Crippen LogP contribution in [0.5, 0.6) is 0 Å². The second kappa shape index (κ2) is 13.4. The van der Waals surface area contributed by atoms with Crippen molar-refractivity contribution in [2.75, 3.05) is 13.1 Å². The van der Waals surface area contributed by atoms with E-state index in [9.17, 15) is 29.1 Å². The van der Waals surface area contributed by atoms with Gasteiger partial charge in [-0.15, -0.1) is 0 Å². The molecule has 0 saturated carbocycles. The lowest BCUT2D eigenvalue weighted by atomic mass is 9.71. The lowest BCUT2D eigenvalue weighted by molar-refractivity contribution is -0.142. The molecule has 1 fully saturated rings. The van der Waals surface area contributed by atoms with Crippen LogP contribution in [0.4, 0.5) is 4.79 Å². The Morgan fingerprint density at radius 1 is 1.03 bits per heavy atom. The van der Waals surface area contributed by atoms with Crippen LogP contribution in [-0.4, -0.2) is 70.6 Å². The fraction of sp³-hybridized carbons (Fsp3) is 0.607. The quantitative estimate of drug-likeness (QED) is 0.330. The standard InChI is InChI=1S/C28H42N4O7/c1-18(2)17-21(23(34)30-20(24(35)36)11-12-22(29)33)31-25(37)28(19-9-7-6-8-10-19)13-15-32(16-14-28)26(38)39-27(3,4)5/h6-10,18,20-21H,11-17H2,1-5H3,(H2,29,33)(H,30,34)(H,31,37)(H,35,36)/t20-,21-/m0/s1. The Bertz CT molecular complexity index is 1030. The summed E-state index contributed by atoms with van der Waals surface area (Å²) in [7, 11) is 0. The molecule has 216 valence electrons. The zero-order chi connectivity index (χ0) is 29.4. The number of carbonyl (C=O) groups is 5. The molecule has 0 bridgehead atoms. The molecule has 39 heavy (non-hydrogen) atoms. The number of rotatable bonds is 11. The molecule has 1 heterocycles. The predicted octanol–water partition coefficient (Wildman–Crippen LogP) is 2.32. The Morgan fingerprint density at radius 3 is 2.10 bits per heavy atom. The number of piperidine rings is 1. The third-order valence-electron chi connectivity index (χ3n) is 6.65. The van der Waals surface area contributed by atoms with Crippen molar-refractivity contribution in [3.63, 3.8) is 0 Å². The van der Waals surface area contributed by atoms with E-state index in [1.807, 2.05) is 44.2 Å². The monoisotopic (exact) mass is 546 g/mol. The molecule has 0 aliphatic carbocycles. The predicted molar refractivity (Wildman–Crippen MR) is 145 cm³/mol. The summed E-state index contributed by atoms with van der Waals surface area (Å²) in [5.41, 5.74) is 4.25. The van der Waals surface area contributed by atoms with Crippen molar-refractivity contribution in [2.45, 2.75) is 89.8 Å². The van der Waals surface area contributed by atoms with Gasteiger partial charge in [-0.25, -0.2) is 9.59 Å². The van der Waals surface area contributed by atoms with E-state index in [-0.39, 0.29) is 44.2 Å². The summed E-state index contributed by atoms with van der Waals surface area (Å²) in [6, 6.07) is 6.89. The molecule has 11 heteroatoms. The van der Waals surface area contributed by atoms with Gasteiger partial charge in [-0.05, 0) is 57.9 Å². The fourth-order valence-electron chi connectivity index (χ4n) is 4.62. The number of nitrogens with two attached hydrogens (primary N) is 1. The van der Waals surface area contributed by atoms with E-state index < -0.39 is 47.0 Å². The van der Waals surface area contributed by atoms with Gasteiger partial charge in [-0.3, -0.25) is 14.4 Å². The van der Waals surface area contributed by atoms with Crippen LogP contribution < -0.4 is 16.4 Å². The summed E-state index contributed by atoms with van der Waals surface area (Å²) >= 11 is 0. The molecule has 0 unspecified atom stereocenters. The average molecular weight is 547 g/mol. The molecular formula is C28H42N4O7. The van der Waals surface area contributed by atoms with Gasteiger partial charge in [0.25, 0.3) is 0 Å². The summed E-state index contributed by atoms with van der Waals surface area (Å²) < 4.78 is 5.50. The van der Waals surface area contributed by atoms with Crippen molar-refractivity contribution in [1.82, 2.24) is 15.5 Å². The topological polar surface area (TPSA) is 168 Å². The maximum Gasteiger partial charge on any atom is 0.410 e. The van der Waals surface area contributed by atoms with Gasteiger partial charge in [0.1, 0.15) is 17.7 Å². The number of nitrogens with zero attached hydrogens (tertiary/aromatic N) is 1. The van der Waals surface area contributed by atoms with E-state index in [2.05, 4.69) is 10.6 Å². The number of aliphatic carboxylic acids is 1. The Morgan fingerprint density at radius 2 is 1.62 bits per heavy atom. The van der Waals surface area contributed by atoms with Crippen LogP contribution in [-0.2, 0) is 29.3 Å². The molecule has 1 aromatic rings. The lowest BCUT2D eigenvalue weighted by Gasteiger charge is -2.42. The van der Waals surface area contributed by atoms with Crippen molar-refractivity contribution < 1.29 is 33.8 Å². The highest BCUT2D eigenvalue weighted by Gasteiger charge is 2.45. The minimum Gasteiger partial charge on any atom is -0.480 e. The lowest BCUT2D eigenvalue weighted by Crippen LogP contribution is -2.58. The number of hydrogen-bond acceptors (Lipinski definition) is 6. The minimum absolute atomic E-state index is 0.0108. The number of carbonyl (C=O) groups excluding carboxylic acids is 4. The molecule has 0 aromatic heterocycles. The molecule has 0 radical (unpaired) electrons. The highest BCUT2D eigenvalue weighted by atomic mass is 16.6. The van der Waals surface area contributed by atoms with Crippen molar-refractivity contribution >= 4 is 29.8 Å². The van der Waals surface area contributed by atoms with Crippen molar-refractivity contribution in [1.29, 1.82) is 0 Å². The maximum absolute atomic E-state index is 14.0. The summed E-state index contributed by atoms with van der Waals surface area (Å²) in [5.74, 6) is -2.98. The summed E-state index contributed by atoms with van der Waals surface area (Å²) in [6.07, 6.45) is 0.0893. The smallest absolute Gasteiger partial charge is 0.410 e. The number of hydrogen-bond donors (Lipinski definition) is 4. The molecule has 1 saturated heterocycles. The molecule has 11 nitrogen and oxygen atoms in total. The fourth-order valence-corrected chi connectivity index (χ4v) is 4.62. The van der Waals surface area contributed by atoms with Gasteiger partial charge in [0.15, 0.2) is 0 Å². The Kier molecular flexibility index (Phi) is 10.9. The number of ether oxygens (including phenoxy) is 1. The van der Waals surface area contributed by atoms with Gasteiger partial charge in [-0.2, -0.15) is 0 Å². The van der Waals surface area contributed by atoms with Crippen molar-refractivity contribution in [3.8, 4) is 0 Å². The number of primary amides is 1. The number of carboxylic acid groups (broad SMARTS) is 1. The molecular weight excluding hydrogens is 504 g/mol. The second-order valence-electron chi connectivity index (χ2n) is 11.5. The van der Waals surface area contributed by atoms with Crippen molar-refractivity contribution in [2.24, 2.45) is 11.7 Å². The zero-order valence-electron chi connectivity index (χ0n) is 23.5. The van der Waals surface area contributed by atoms with Crippen LogP contribution in [0, 0.1) is 5.92 Å². The number of carboxylic acids is 1. The third kappa shape index (κ3) is 9.26. The number of amides is 4. The Hall–Kier alpha value is -3.63. The number of nitrogens with one attached hydrogen (secondary N) is 2. The minimum atomic E-state index is -1.32. The second-order valence-corrected chi connectivity index (χ2v) is 11.5.